The van der Waals surface area contributed by atoms with Crippen molar-refractivity contribution in [2.24, 2.45) is 0 Å². The number of aliphatic carboxylic acids is 1. The molecule has 12 nitrogen and oxygen atoms in total. The number of carbonyl (C=O) groups excluding carboxylic acids is 3. The molecular weight excluding hydrogens is 973 g/mol. The third-order valence-electron chi connectivity index (χ3n) is 14.1. The molecule has 0 aliphatic carbocycles. The molecule has 0 saturated carbocycles. The Hall–Kier alpha value is -3.58. The summed E-state index contributed by atoms with van der Waals surface area (Å²) in [6.45, 7) is 5.86. The molecule has 12 heteroatoms. The van der Waals surface area contributed by atoms with E-state index in [4.69, 9.17) is 23.7 Å². The van der Waals surface area contributed by atoms with Crippen LogP contribution in [0.2, 0.25) is 0 Å². The van der Waals surface area contributed by atoms with E-state index < -0.39 is 67.3 Å². The molecule has 6 unspecified atom stereocenters. The van der Waals surface area contributed by atoms with E-state index in [0.717, 1.165) is 103 Å². The fourth-order valence-corrected chi connectivity index (χ4v) is 9.30. The first kappa shape index (κ1) is 71.4. The lowest BCUT2D eigenvalue weighted by Crippen LogP contribution is -2.61. The highest BCUT2D eigenvalue weighted by Crippen LogP contribution is 2.27. The summed E-state index contributed by atoms with van der Waals surface area (Å²) in [6, 6.07) is 0. The van der Waals surface area contributed by atoms with E-state index in [1.807, 2.05) is 0 Å². The molecule has 3 N–H and O–H groups in total. The van der Waals surface area contributed by atoms with Gasteiger partial charge in [-0.15, -0.1) is 0 Å². The highest BCUT2D eigenvalue weighted by atomic mass is 16.7. The van der Waals surface area contributed by atoms with Crippen LogP contribution in [-0.4, -0.2) is 89.2 Å². The molecule has 1 aliphatic heterocycles. The van der Waals surface area contributed by atoms with Gasteiger partial charge in [0.2, 0.25) is 0 Å². The Morgan fingerprint density at radius 2 is 0.818 bits per heavy atom. The van der Waals surface area contributed by atoms with E-state index in [9.17, 15) is 34.5 Å². The number of aliphatic hydroxyl groups is 2. The highest BCUT2D eigenvalue weighted by Gasteiger charge is 2.50. The molecule has 0 bridgehead atoms. The van der Waals surface area contributed by atoms with Gasteiger partial charge in [-0.1, -0.05) is 236 Å². The summed E-state index contributed by atoms with van der Waals surface area (Å²) in [4.78, 5) is 51.2. The smallest absolute Gasteiger partial charge is 0.335 e. The Kier molecular flexibility index (Phi) is 49.2. The summed E-state index contributed by atoms with van der Waals surface area (Å²) in [7, 11) is 0. The van der Waals surface area contributed by atoms with Crippen molar-refractivity contribution < 1.29 is 58.2 Å². The van der Waals surface area contributed by atoms with Crippen molar-refractivity contribution in [3.05, 3.63) is 60.8 Å². The standard InChI is InChI=1S/C65H112O12/c1-4-7-10-13-16-19-22-25-28-29-32-35-38-41-44-47-50-53-59(68)76-63-61(70)60(69)62(64(71)72)77-65(63)74-55-56(75-58(67)52-49-46-43-40-37-34-31-27-24-21-18-15-12-9-6-3)54-73-57(66)51-48-45-42-39-36-33-30-26-23-20-17-14-11-8-5-2/h8,11,17,20,26-27,30-31,36,39,56,60-63,65,69-70H,4-7,9-10,12-16,18-19,21-25,28-29,32-35,37-38,40-55H2,1-3H3,(H,71,72)/b11-8-,20-17-,30-26-,31-27-,39-36-. The van der Waals surface area contributed by atoms with Gasteiger partial charge in [0.05, 0.1) is 6.61 Å². The van der Waals surface area contributed by atoms with E-state index in [-0.39, 0.29) is 25.9 Å². The third-order valence-corrected chi connectivity index (χ3v) is 14.1. The monoisotopic (exact) mass is 1080 g/mol. The average Bonchev–Trinajstić information content (AvgIpc) is 3.42. The molecule has 0 aromatic rings. The van der Waals surface area contributed by atoms with Gasteiger partial charge in [-0.05, 0) is 83.5 Å². The van der Waals surface area contributed by atoms with Crippen molar-refractivity contribution in [1.29, 1.82) is 0 Å². The SMILES string of the molecule is CC/C=C\C/C=C\C/C=C\C/C=C\CCCCC(=O)OCC(COC1OC(C(=O)O)C(O)C(O)C1OC(=O)CCCCCCCCCCCCCCCCCCC)OC(=O)CCCCCCC/C=C\CCCCCCCC. The van der Waals surface area contributed by atoms with Crippen LogP contribution in [0.3, 0.4) is 0 Å². The van der Waals surface area contributed by atoms with E-state index in [1.54, 1.807) is 0 Å². The predicted octanol–water partition coefficient (Wildman–Crippen LogP) is 16.3. The van der Waals surface area contributed by atoms with Crippen LogP contribution >= 0.6 is 0 Å². The average molecular weight is 1090 g/mol. The second-order valence-corrected chi connectivity index (χ2v) is 21.3. The molecule has 1 saturated heterocycles. The van der Waals surface area contributed by atoms with Crippen LogP contribution < -0.4 is 0 Å². The zero-order valence-corrected chi connectivity index (χ0v) is 49.0. The number of rotatable bonds is 53. The maximum Gasteiger partial charge on any atom is 0.335 e. The topological polar surface area (TPSA) is 175 Å². The molecule has 0 spiro atoms. The lowest BCUT2D eigenvalue weighted by atomic mass is 9.98. The number of carbonyl (C=O) groups is 4. The number of allylic oxidation sites excluding steroid dienone is 10. The van der Waals surface area contributed by atoms with Crippen LogP contribution in [0, 0.1) is 0 Å². The van der Waals surface area contributed by atoms with E-state index in [2.05, 4.69) is 81.5 Å². The summed E-state index contributed by atoms with van der Waals surface area (Å²) in [5.74, 6) is -3.17. The molecule has 444 valence electrons. The molecule has 1 heterocycles. The van der Waals surface area contributed by atoms with Gasteiger partial charge in [-0.25, -0.2) is 4.79 Å². The molecule has 1 rings (SSSR count). The van der Waals surface area contributed by atoms with Gasteiger partial charge in [-0.2, -0.15) is 0 Å². The minimum atomic E-state index is -1.91. The van der Waals surface area contributed by atoms with E-state index in [0.29, 0.717) is 19.3 Å². The molecule has 0 radical (unpaired) electrons. The van der Waals surface area contributed by atoms with Crippen LogP contribution in [0.25, 0.3) is 0 Å². The highest BCUT2D eigenvalue weighted by molar-refractivity contribution is 5.74. The van der Waals surface area contributed by atoms with Crippen LogP contribution in [0.4, 0.5) is 0 Å². The summed E-state index contributed by atoms with van der Waals surface area (Å²) in [6.07, 6.45) is 53.3. The molecule has 0 aromatic carbocycles. The number of esters is 3. The Morgan fingerprint density at radius 1 is 0.442 bits per heavy atom. The number of hydrogen-bond donors (Lipinski definition) is 3. The Bertz CT molecular complexity index is 1570. The zero-order chi connectivity index (χ0) is 56.1. The molecule has 0 aromatic heterocycles. The summed E-state index contributed by atoms with van der Waals surface area (Å²) >= 11 is 0. The van der Waals surface area contributed by atoms with Gasteiger partial charge in [0.15, 0.2) is 24.6 Å². The van der Waals surface area contributed by atoms with Gasteiger partial charge in [-0.3, -0.25) is 14.4 Å². The molecule has 1 aliphatic rings. The summed E-state index contributed by atoms with van der Waals surface area (Å²) in [5, 5.41) is 31.5. The maximum absolute atomic E-state index is 13.2. The minimum absolute atomic E-state index is 0.0585. The normalized spacial score (nSPS) is 18.4. The molecule has 0 amide bonds. The number of carboxylic acids is 1. The van der Waals surface area contributed by atoms with Crippen molar-refractivity contribution in [2.45, 2.75) is 314 Å². The van der Waals surface area contributed by atoms with Gasteiger partial charge in [0.25, 0.3) is 0 Å². The molecule has 77 heavy (non-hydrogen) atoms. The second-order valence-electron chi connectivity index (χ2n) is 21.3. The van der Waals surface area contributed by atoms with Crippen molar-refractivity contribution in [3.63, 3.8) is 0 Å². The third kappa shape index (κ3) is 43.0. The van der Waals surface area contributed by atoms with Crippen LogP contribution in [0.1, 0.15) is 278 Å². The van der Waals surface area contributed by atoms with Gasteiger partial charge in [0, 0.05) is 19.3 Å². The van der Waals surface area contributed by atoms with Crippen molar-refractivity contribution >= 4 is 23.9 Å². The number of ether oxygens (including phenoxy) is 5. The van der Waals surface area contributed by atoms with Gasteiger partial charge in [0.1, 0.15) is 18.8 Å². The van der Waals surface area contributed by atoms with Crippen LogP contribution in [0.5, 0.6) is 0 Å². The maximum atomic E-state index is 13.2. The first-order valence-corrected chi connectivity index (χ1v) is 31.3. The molecule has 1 fully saturated rings. The summed E-state index contributed by atoms with van der Waals surface area (Å²) in [5.41, 5.74) is 0. The number of unbranched alkanes of at least 4 members (excludes halogenated alkanes) is 29. The minimum Gasteiger partial charge on any atom is -0.479 e. The van der Waals surface area contributed by atoms with E-state index in [1.165, 1.54) is 116 Å². The Labute approximate surface area is 468 Å². The Balaban J connectivity index is 2.69. The lowest BCUT2D eigenvalue weighted by Gasteiger charge is -2.40. The predicted molar refractivity (Wildman–Crippen MR) is 312 cm³/mol. The van der Waals surface area contributed by atoms with E-state index >= 15 is 0 Å². The Morgan fingerprint density at radius 3 is 1.29 bits per heavy atom. The summed E-state index contributed by atoms with van der Waals surface area (Å²) < 4.78 is 28.4. The second kappa shape index (κ2) is 53.1. The lowest BCUT2D eigenvalue weighted by molar-refractivity contribution is -0.301. The number of hydrogen-bond acceptors (Lipinski definition) is 11. The zero-order valence-electron chi connectivity index (χ0n) is 49.0. The fourth-order valence-electron chi connectivity index (χ4n) is 9.30. The van der Waals surface area contributed by atoms with Crippen molar-refractivity contribution in [1.82, 2.24) is 0 Å². The number of carboxylic acid groups (broad SMARTS) is 1. The van der Waals surface area contributed by atoms with Gasteiger partial charge < -0.3 is 39.0 Å². The first-order valence-electron chi connectivity index (χ1n) is 31.3. The van der Waals surface area contributed by atoms with Gasteiger partial charge >= 0.3 is 23.9 Å². The quantitative estimate of drug-likeness (QED) is 0.0228. The molecule has 6 atom stereocenters. The van der Waals surface area contributed by atoms with Crippen LogP contribution in [0.15, 0.2) is 60.8 Å². The van der Waals surface area contributed by atoms with Crippen molar-refractivity contribution in [3.8, 4) is 0 Å². The van der Waals surface area contributed by atoms with Crippen molar-refractivity contribution in [2.75, 3.05) is 13.2 Å². The molecular formula is C65H112O12. The van der Waals surface area contributed by atoms with Crippen LogP contribution in [-0.2, 0) is 42.9 Å². The largest absolute Gasteiger partial charge is 0.479 e. The number of aliphatic hydroxyl groups excluding tert-OH is 2. The fraction of sp³-hybridized carbons (Fsp3) is 0.785. The first-order chi connectivity index (χ1) is 37.6.